The van der Waals surface area contributed by atoms with Crippen LogP contribution in [-0.2, 0) is 16.1 Å². The van der Waals surface area contributed by atoms with Crippen LogP contribution in [0.4, 0.5) is 0 Å². The first-order valence-electron chi connectivity index (χ1n) is 6.99. The Balaban J connectivity index is 1.68. The molecule has 1 aromatic carbocycles. The highest BCUT2D eigenvalue weighted by molar-refractivity contribution is 9.10. The van der Waals surface area contributed by atoms with E-state index in [9.17, 15) is 14.7 Å². The first-order valence-corrected chi connectivity index (χ1v) is 7.79. The Labute approximate surface area is 131 Å². The zero-order valence-corrected chi connectivity index (χ0v) is 12.9. The van der Waals surface area contributed by atoms with E-state index < -0.39 is 17.8 Å². The molecule has 1 fully saturated rings. The molecule has 4 nitrogen and oxygen atoms in total. The number of rotatable bonds is 4. The molecule has 2 bridgehead atoms. The fourth-order valence-corrected chi connectivity index (χ4v) is 3.92. The van der Waals surface area contributed by atoms with Gasteiger partial charge in [0.25, 0.3) is 0 Å². The predicted molar refractivity (Wildman–Crippen MR) is 81.3 cm³/mol. The molecule has 0 spiro atoms. The molecule has 4 unspecified atom stereocenters. The summed E-state index contributed by atoms with van der Waals surface area (Å²) in [7, 11) is 0. The van der Waals surface area contributed by atoms with E-state index in [1.807, 2.05) is 36.4 Å². The van der Waals surface area contributed by atoms with Crippen molar-refractivity contribution in [2.75, 3.05) is 0 Å². The molecular weight excluding hydrogens is 334 g/mol. The zero-order chi connectivity index (χ0) is 15.0. The van der Waals surface area contributed by atoms with E-state index in [1.165, 1.54) is 0 Å². The van der Waals surface area contributed by atoms with E-state index in [1.54, 1.807) is 0 Å². The Morgan fingerprint density at radius 2 is 1.95 bits per heavy atom. The van der Waals surface area contributed by atoms with E-state index in [4.69, 9.17) is 0 Å². The molecule has 5 heteroatoms. The smallest absolute Gasteiger partial charge is 0.307 e. The molecule has 3 rings (SSSR count). The second-order valence-corrected chi connectivity index (χ2v) is 6.60. The van der Waals surface area contributed by atoms with Crippen LogP contribution in [-0.4, -0.2) is 17.0 Å². The summed E-state index contributed by atoms with van der Waals surface area (Å²) in [6.07, 6.45) is 4.72. The van der Waals surface area contributed by atoms with Crippen LogP contribution in [0.3, 0.4) is 0 Å². The van der Waals surface area contributed by atoms with Crippen LogP contribution in [0, 0.1) is 23.7 Å². The number of halogens is 1. The van der Waals surface area contributed by atoms with E-state index in [0.717, 1.165) is 16.5 Å². The molecule has 1 saturated carbocycles. The molecule has 1 amide bonds. The molecule has 0 aliphatic heterocycles. The van der Waals surface area contributed by atoms with E-state index in [0.29, 0.717) is 6.54 Å². The number of aliphatic carboxylic acids is 1. The van der Waals surface area contributed by atoms with Crippen molar-refractivity contribution in [3.05, 3.63) is 46.5 Å². The third kappa shape index (κ3) is 2.75. The number of carboxylic acids is 1. The number of amides is 1. The number of carbonyl (C=O) groups excluding carboxylic acids is 1. The molecule has 1 aromatic rings. The maximum absolute atomic E-state index is 12.4. The highest BCUT2D eigenvalue weighted by Gasteiger charge is 2.51. The quantitative estimate of drug-likeness (QED) is 0.821. The van der Waals surface area contributed by atoms with E-state index in [2.05, 4.69) is 21.2 Å². The maximum atomic E-state index is 12.4. The van der Waals surface area contributed by atoms with Crippen molar-refractivity contribution >= 4 is 27.8 Å². The summed E-state index contributed by atoms with van der Waals surface area (Å²) >= 11 is 3.39. The Morgan fingerprint density at radius 3 is 2.62 bits per heavy atom. The van der Waals surface area contributed by atoms with Gasteiger partial charge < -0.3 is 10.4 Å². The SMILES string of the molecule is O=C(O)C1C2C=CC(C2)C1C(=O)NCc1cccc(Br)c1. The van der Waals surface area contributed by atoms with Crippen molar-refractivity contribution in [2.45, 2.75) is 13.0 Å². The van der Waals surface area contributed by atoms with Crippen LogP contribution in [0.5, 0.6) is 0 Å². The number of hydrogen-bond donors (Lipinski definition) is 2. The summed E-state index contributed by atoms with van der Waals surface area (Å²) in [6, 6.07) is 7.70. The van der Waals surface area contributed by atoms with Gasteiger partial charge >= 0.3 is 5.97 Å². The summed E-state index contributed by atoms with van der Waals surface area (Å²) in [5.74, 6) is -1.96. The summed E-state index contributed by atoms with van der Waals surface area (Å²) in [5.41, 5.74) is 0.989. The molecule has 21 heavy (non-hydrogen) atoms. The molecule has 0 aromatic heterocycles. The Bertz CT molecular complexity index is 613. The molecule has 2 aliphatic rings. The lowest BCUT2D eigenvalue weighted by Crippen LogP contribution is -2.39. The fourth-order valence-electron chi connectivity index (χ4n) is 3.47. The summed E-state index contributed by atoms with van der Waals surface area (Å²) in [5, 5.41) is 12.2. The minimum atomic E-state index is -0.866. The Hall–Kier alpha value is -1.62. The lowest BCUT2D eigenvalue weighted by Gasteiger charge is -2.23. The third-order valence-corrected chi connectivity index (χ3v) is 4.90. The van der Waals surface area contributed by atoms with E-state index in [-0.39, 0.29) is 17.7 Å². The standard InChI is InChI=1S/C16H16BrNO3/c17-12-3-1-2-9(6-12)8-18-15(19)13-10-4-5-11(7-10)14(13)16(20)21/h1-6,10-11,13-14H,7-8H2,(H,18,19)(H,20,21). The molecule has 4 atom stereocenters. The van der Waals surface area contributed by atoms with Crippen molar-refractivity contribution in [3.63, 3.8) is 0 Å². The first kappa shape index (κ1) is 14.3. The van der Waals surface area contributed by atoms with Gasteiger partial charge in [0.2, 0.25) is 5.91 Å². The molecular formula is C16H16BrNO3. The number of allylic oxidation sites excluding steroid dienone is 2. The van der Waals surface area contributed by atoms with Gasteiger partial charge in [-0.05, 0) is 36.0 Å². The van der Waals surface area contributed by atoms with E-state index >= 15 is 0 Å². The van der Waals surface area contributed by atoms with Crippen LogP contribution in [0.1, 0.15) is 12.0 Å². The van der Waals surface area contributed by atoms with Crippen molar-refractivity contribution < 1.29 is 14.7 Å². The molecule has 2 aliphatic carbocycles. The third-order valence-electron chi connectivity index (χ3n) is 4.40. The lowest BCUT2D eigenvalue weighted by atomic mass is 9.82. The maximum Gasteiger partial charge on any atom is 0.307 e. The predicted octanol–water partition coefficient (Wildman–Crippen LogP) is 2.59. The molecule has 2 N–H and O–H groups in total. The molecule has 0 radical (unpaired) electrons. The number of carboxylic acid groups (broad SMARTS) is 1. The number of nitrogens with one attached hydrogen (secondary N) is 1. The zero-order valence-electron chi connectivity index (χ0n) is 11.3. The first-order chi connectivity index (χ1) is 10.1. The monoisotopic (exact) mass is 349 g/mol. The van der Waals surface area contributed by atoms with Crippen molar-refractivity contribution in [3.8, 4) is 0 Å². The number of fused-ring (bicyclic) bond motifs is 2. The number of carbonyl (C=O) groups is 2. The fraction of sp³-hybridized carbons (Fsp3) is 0.375. The molecule has 110 valence electrons. The number of benzene rings is 1. The molecule has 0 heterocycles. The number of hydrogen-bond acceptors (Lipinski definition) is 2. The average molecular weight is 350 g/mol. The van der Waals surface area contributed by atoms with Gasteiger partial charge in [-0.2, -0.15) is 0 Å². The normalized spacial score (nSPS) is 29.6. The van der Waals surface area contributed by atoms with Crippen molar-refractivity contribution in [1.82, 2.24) is 5.32 Å². The van der Waals surface area contributed by atoms with Gasteiger partial charge in [-0.25, -0.2) is 0 Å². The average Bonchev–Trinajstić information content (AvgIpc) is 3.05. The van der Waals surface area contributed by atoms with Crippen LogP contribution in [0.25, 0.3) is 0 Å². The van der Waals surface area contributed by atoms with Crippen LogP contribution >= 0.6 is 15.9 Å². The molecule has 0 saturated heterocycles. The van der Waals surface area contributed by atoms with Gasteiger partial charge in [0.1, 0.15) is 0 Å². The minimum Gasteiger partial charge on any atom is -0.481 e. The van der Waals surface area contributed by atoms with Gasteiger partial charge in [0.05, 0.1) is 11.8 Å². The van der Waals surface area contributed by atoms with Crippen LogP contribution in [0.2, 0.25) is 0 Å². The Kier molecular flexibility index (Phi) is 3.85. The van der Waals surface area contributed by atoms with Gasteiger partial charge in [0.15, 0.2) is 0 Å². The van der Waals surface area contributed by atoms with Crippen LogP contribution in [0.15, 0.2) is 40.9 Å². The van der Waals surface area contributed by atoms with Gasteiger partial charge in [-0.1, -0.05) is 40.2 Å². The second-order valence-electron chi connectivity index (χ2n) is 5.69. The highest BCUT2D eigenvalue weighted by Crippen LogP contribution is 2.48. The largest absolute Gasteiger partial charge is 0.481 e. The summed E-state index contributed by atoms with van der Waals surface area (Å²) < 4.78 is 0.959. The second kappa shape index (κ2) is 5.64. The van der Waals surface area contributed by atoms with Crippen molar-refractivity contribution in [1.29, 1.82) is 0 Å². The van der Waals surface area contributed by atoms with Gasteiger partial charge in [0, 0.05) is 11.0 Å². The van der Waals surface area contributed by atoms with Crippen LogP contribution < -0.4 is 5.32 Å². The lowest BCUT2D eigenvalue weighted by molar-refractivity contribution is -0.147. The Morgan fingerprint density at radius 1 is 1.24 bits per heavy atom. The topological polar surface area (TPSA) is 66.4 Å². The highest BCUT2D eigenvalue weighted by atomic mass is 79.9. The van der Waals surface area contributed by atoms with Crippen molar-refractivity contribution in [2.24, 2.45) is 23.7 Å². The van der Waals surface area contributed by atoms with Gasteiger partial charge in [-0.15, -0.1) is 0 Å². The summed E-state index contributed by atoms with van der Waals surface area (Å²) in [6.45, 7) is 0.419. The summed E-state index contributed by atoms with van der Waals surface area (Å²) in [4.78, 5) is 23.8. The minimum absolute atomic E-state index is 0.00844. The van der Waals surface area contributed by atoms with Gasteiger partial charge in [-0.3, -0.25) is 9.59 Å².